The van der Waals surface area contributed by atoms with Gasteiger partial charge in [-0.1, -0.05) is 35.9 Å². The van der Waals surface area contributed by atoms with Crippen molar-refractivity contribution >= 4 is 17.5 Å². The molecule has 0 aliphatic carbocycles. The quantitative estimate of drug-likeness (QED) is 0.849. The Morgan fingerprint density at radius 1 is 1.16 bits per heavy atom. The number of hydrogen-bond acceptors (Lipinski definition) is 3. The molecule has 2 amide bonds. The Bertz CT molecular complexity index is 741. The second-order valence-electron chi connectivity index (χ2n) is 6.03. The van der Waals surface area contributed by atoms with Crippen LogP contribution in [0.15, 0.2) is 48.5 Å². The number of anilines is 1. The van der Waals surface area contributed by atoms with Crippen molar-refractivity contribution in [2.75, 3.05) is 18.4 Å². The summed E-state index contributed by atoms with van der Waals surface area (Å²) < 4.78 is 0. The van der Waals surface area contributed by atoms with E-state index in [0.717, 1.165) is 11.1 Å². The zero-order chi connectivity index (χ0) is 18.4. The van der Waals surface area contributed by atoms with E-state index < -0.39 is 6.10 Å². The molecule has 5 heteroatoms. The second-order valence-corrected chi connectivity index (χ2v) is 6.03. The molecule has 0 aliphatic rings. The number of likely N-dealkylation sites (N-methyl/N-ethyl adjacent to an activating group) is 1. The Hall–Kier alpha value is -2.66. The molecule has 0 radical (unpaired) electrons. The van der Waals surface area contributed by atoms with E-state index >= 15 is 0 Å². The molecule has 1 unspecified atom stereocenters. The van der Waals surface area contributed by atoms with Crippen LogP contribution in [-0.4, -0.2) is 34.9 Å². The largest absolute Gasteiger partial charge is 0.387 e. The SMILES string of the molecule is CCN(CC(O)c1ccc(C)cc1)C(=O)c1cccc(NC(C)=O)c1. The normalized spacial score (nSPS) is 11.7. The number of aliphatic hydroxyl groups is 1. The monoisotopic (exact) mass is 340 g/mol. The fraction of sp³-hybridized carbons (Fsp3) is 0.300. The molecule has 0 aliphatic heterocycles. The van der Waals surface area contributed by atoms with E-state index in [1.807, 2.05) is 38.1 Å². The number of benzene rings is 2. The molecule has 132 valence electrons. The molecule has 1 atom stereocenters. The summed E-state index contributed by atoms with van der Waals surface area (Å²) in [7, 11) is 0. The number of hydrogen-bond donors (Lipinski definition) is 2. The predicted molar refractivity (Wildman–Crippen MR) is 98.5 cm³/mol. The van der Waals surface area contributed by atoms with Crippen molar-refractivity contribution in [2.45, 2.75) is 26.9 Å². The number of aliphatic hydroxyl groups excluding tert-OH is 1. The summed E-state index contributed by atoms with van der Waals surface area (Å²) >= 11 is 0. The van der Waals surface area contributed by atoms with Gasteiger partial charge in [0.05, 0.1) is 12.6 Å². The molecule has 2 rings (SSSR count). The molecule has 0 spiro atoms. The van der Waals surface area contributed by atoms with E-state index in [1.54, 1.807) is 29.2 Å². The highest BCUT2D eigenvalue weighted by Gasteiger charge is 2.19. The molecule has 0 saturated carbocycles. The number of nitrogens with zero attached hydrogens (tertiary/aromatic N) is 1. The summed E-state index contributed by atoms with van der Waals surface area (Å²) in [5.74, 6) is -0.368. The van der Waals surface area contributed by atoms with Crippen LogP contribution in [0, 0.1) is 6.92 Å². The molecular weight excluding hydrogens is 316 g/mol. The maximum Gasteiger partial charge on any atom is 0.254 e. The molecule has 2 aromatic rings. The summed E-state index contributed by atoms with van der Waals surface area (Å²) in [5, 5.41) is 13.1. The van der Waals surface area contributed by atoms with Crippen molar-refractivity contribution in [1.29, 1.82) is 0 Å². The summed E-state index contributed by atoms with van der Waals surface area (Å²) in [4.78, 5) is 25.5. The number of carbonyl (C=O) groups is 2. The number of carbonyl (C=O) groups excluding carboxylic acids is 2. The van der Waals surface area contributed by atoms with Gasteiger partial charge in [-0.15, -0.1) is 0 Å². The van der Waals surface area contributed by atoms with Crippen LogP contribution in [0.3, 0.4) is 0 Å². The van der Waals surface area contributed by atoms with E-state index in [4.69, 9.17) is 0 Å². The lowest BCUT2D eigenvalue weighted by Gasteiger charge is -2.24. The van der Waals surface area contributed by atoms with Crippen molar-refractivity contribution in [2.24, 2.45) is 0 Å². The molecule has 0 heterocycles. The highest BCUT2D eigenvalue weighted by molar-refractivity contribution is 5.96. The van der Waals surface area contributed by atoms with E-state index in [9.17, 15) is 14.7 Å². The van der Waals surface area contributed by atoms with Crippen molar-refractivity contribution < 1.29 is 14.7 Å². The lowest BCUT2D eigenvalue weighted by atomic mass is 10.1. The summed E-state index contributed by atoms with van der Waals surface area (Å²) in [6, 6.07) is 14.4. The zero-order valence-corrected chi connectivity index (χ0v) is 14.8. The first-order valence-electron chi connectivity index (χ1n) is 8.32. The minimum atomic E-state index is -0.747. The van der Waals surface area contributed by atoms with Crippen molar-refractivity contribution in [3.05, 3.63) is 65.2 Å². The van der Waals surface area contributed by atoms with E-state index in [2.05, 4.69) is 5.32 Å². The van der Waals surface area contributed by atoms with Gasteiger partial charge in [-0.2, -0.15) is 0 Å². The molecule has 0 aromatic heterocycles. The molecule has 0 bridgehead atoms. The van der Waals surface area contributed by atoms with Crippen molar-refractivity contribution in [3.63, 3.8) is 0 Å². The Balaban J connectivity index is 2.12. The summed E-state index contributed by atoms with van der Waals surface area (Å²) in [6.07, 6.45) is -0.747. The van der Waals surface area contributed by atoms with Crippen LogP contribution in [0.5, 0.6) is 0 Å². The van der Waals surface area contributed by atoms with Crippen LogP contribution < -0.4 is 5.32 Å². The molecular formula is C20H24N2O3. The van der Waals surface area contributed by atoms with Gasteiger partial charge in [0.15, 0.2) is 0 Å². The number of amides is 2. The smallest absolute Gasteiger partial charge is 0.254 e. The highest BCUT2D eigenvalue weighted by Crippen LogP contribution is 2.18. The van der Waals surface area contributed by atoms with Crippen molar-refractivity contribution in [1.82, 2.24) is 4.90 Å². The van der Waals surface area contributed by atoms with E-state index in [1.165, 1.54) is 6.92 Å². The van der Waals surface area contributed by atoms with Crippen LogP contribution >= 0.6 is 0 Å². The van der Waals surface area contributed by atoms with E-state index in [0.29, 0.717) is 17.8 Å². The lowest BCUT2D eigenvalue weighted by Crippen LogP contribution is -2.34. The number of nitrogens with one attached hydrogen (secondary N) is 1. The van der Waals surface area contributed by atoms with Crippen LogP contribution in [0.4, 0.5) is 5.69 Å². The van der Waals surface area contributed by atoms with Crippen LogP contribution in [0.1, 0.15) is 41.4 Å². The first-order valence-corrected chi connectivity index (χ1v) is 8.32. The zero-order valence-electron chi connectivity index (χ0n) is 14.8. The maximum absolute atomic E-state index is 12.7. The number of rotatable bonds is 6. The van der Waals surface area contributed by atoms with Gasteiger partial charge in [-0.25, -0.2) is 0 Å². The molecule has 0 fully saturated rings. The Kier molecular flexibility index (Phi) is 6.31. The van der Waals surface area contributed by atoms with Gasteiger partial charge >= 0.3 is 0 Å². The molecule has 5 nitrogen and oxygen atoms in total. The number of aryl methyl sites for hydroxylation is 1. The maximum atomic E-state index is 12.7. The molecule has 2 N–H and O–H groups in total. The average molecular weight is 340 g/mol. The topological polar surface area (TPSA) is 69.6 Å². The van der Waals surface area contributed by atoms with Gasteiger partial charge in [0.25, 0.3) is 5.91 Å². The van der Waals surface area contributed by atoms with Crippen molar-refractivity contribution in [3.8, 4) is 0 Å². The minimum absolute atomic E-state index is 0.180. The minimum Gasteiger partial charge on any atom is -0.387 e. The van der Waals surface area contributed by atoms with Gasteiger partial charge < -0.3 is 15.3 Å². The second kappa shape index (κ2) is 8.44. The van der Waals surface area contributed by atoms with Crippen LogP contribution in [0.25, 0.3) is 0 Å². The van der Waals surface area contributed by atoms with Gasteiger partial charge in [0.1, 0.15) is 0 Å². The predicted octanol–water partition coefficient (Wildman–Crippen LogP) is 3.15. The Labute approximate surface area is 148 Å². The third-order valence-corrected chi connectivity index (χ3v) is 3.95. The summed E-state index contributed by atoms with van der Waals surface area (Å²) in [5.41, 5.74) is 2.95. The molecule has 0 saturated heterocycles. The van der Waals surface area contributed by atoms with Crippen LogP contribution in [-0.2, 0) is 4.79 Å². The molecule has 2 aromatic carbocycles. The third-order valence-electron chi connectivity index (χ3n) is 3.95. The third kappa shape index (κ3) is 5.16. The van der Waals surface area contributed by atoms with E-state index in [-0.39, 0.29) is 18.4 Å². The molecule has 25 heavy (non-hydrogen) atoms. The fourth-order valence-corrected chi connectivity index (χ4v) is 2.57. The lowest BCUT2D eigenvalue weighted by molar-refractivity contribution is -0.114. The standard InChI is InChI=1S/C20H24N2O3/c1-4-22(13-19(24)16-10-8-14(2)9-11-16)20(25)17-6-5-7-18(12-17)21-15(3)23/h5-12,19,24H,4,13H2,1-3H3,(H,21,23). The summed E-state index contributed by atoms with van der Waals surface area (Å²) in [6.45, 7) is 5.97. The Morgan fingerprint density at radius 2 is 1.84 bits per heavy atom. The van der Waals surface area contributed by atoms with Crippen LogP contribution in [0.2, 0.25) is 0 Å². The first kappa shape index (κ1) is 18.7. The highest BCUT2D eigenvalue weighted by atomic mass is 16.3. The van der Waals surface area contributed by atoms with Gasteiger partial charge in [-0.3, -0.25) is 9.59 Å². The van der Waals surface area contributed by atoms with Gasteiger partial charge in [0, 0.05) is 24.7 Å². The van der Waals surface area contributed by atoms with Gasteiger partial charge in [-0.05, 0) is 37.6 Å². The fourth-order valence-electron chi connectivity index (χ4n) is 2.57. The average Bonchev–Trinajstić information content (AvgIpc) is 2.59. The van der Waals surface area contributed by atoms with Gasteiger partial charge in [0.2, 0.25) is 5.91 Å². The first-order chi connectivity index (χ1) is 11.9. The Morgan fingerprint density at radius 3 is 2.44 bits per heavy atom.